The first kappa shape index (κ1) is 27.0. The SMILES string of the molecule is CCC(C)(C)N(C(=O)Cc1ccc(Cl)cc1)C1CC(=O)N(c2ccc(-c3nc4ccc(C)cc4s3)cc2)C1=O. The van der Waals surface area contributed by atoms with Crippen molar-refractivity contribution in [3.8, 4) is 10.6 Å². The molecule has 3 aromatic carbocycles. The first-order valence-corrected chi connectivity index (χ1v) is 14.2. The van der Waals surface area contributed by atoms with Gasteiger partial charge in [0, 0.05) is 16.1 Å². The van der Waals surface area contributed by atoms with Gasteiger partial charge in [-0.05, 0) is 86.8 Å². The van der Waals surface area contributed by atoms with Crippen molar-refractivity contribution < 1.29 is 14.4 Å². The number of nitrogens with zero attached hydrogens (tertiary/aromatic N) is 3. The number of halogens is 1. The maximum Gasteiger partial charge on any atom is 0.257 e. The lowest BCUT2D eigenvalue weighted by molar-refractivity contribution is -0.144. The fourth-order valence-corrected chi connectivity index (χ4v) is 6.16. The fourth-order valence-electron chi connectivity index (χ4n) is 4.96. The van der Waals surface area contributed by atoms with Crippen LogP contribution in [0.2, 0.25) is 5.02 Å². The minimum Gasteiger partial charge on any atom is -0.325 e. The van der Waals surface area contributed by atoms with Gasteiger partial charge in [-0.15, -0.1) is 11.3 Å². The van der Waals surface area contributed by atoms with Crippen LogP contribution < -0.4 is 4.90 Å². The summed E-state index contributed by atoms with van der Waals surface area (Å²) in [6.45, 7) is 7.89. The third kappa shape index (κ3) is 5.34. The Morgan fingerprint density at radius 2 is 1.77 bits per heavy atom. The van der Waals surface area contributed by atoms with Crippen molar-refractivity contribution in [3.63, 3.8) is 0 Å². The summed E-state index contributed by atoms with van der Waals surface area (Å²) < 4.78 is 1.11. The van der Waals surface area contributed by atoms with E-state index in [1.165, 1.54) is 10.5 Å². The zero-order chi connectivity index (χ0) is 27.9. The summed E-state index contributed by atoms with van der Waals surface area (Å²) in [5, 5.41) is 1.47. The van der Waals surface area contributed by atoms with Crippen LogP contribution in [0.15, 0.2) is 66.7 Å². The second kappa shape index (κ2) is 10.5. The number of aryl methyl sites for hydroxylation is 1. The van der Waals surface area contributed by atoms with Crippen LogP contribution in [0.4, 0.5) is 5.69 Å². The number of carbonyl (C=O) groups excluding carboxylic acids is 3. The van der Waals surface area contributed by atoms with Crippen molar-refractivity contribution in [2.75, 3.05) is 4.90 Å². The van der Waals surface area contributed by atoms with Crippen molar-refractivity contribution in [3.05, 3.63) is 82.9 Å². The van der Waals surface area contributed by atoms with Crippen molar-refractivity contribution in [1.29, 1.82) is 0 Å². The van der Waals surface area contributed by atoms with Crippen LogP contribution in [0.3, 0.4) is 0 Å². The quantitative estimate of drug-likeness (QED) is 0.233. The second-order valence-electron chi connectivity index (χ2n) is 10.6. The van der Waals surface area contributed by atoms with Gasteiger partial charge < -0.3 is 4.90 Å². The molecular weight excluding hydrogens is 530 g/mol. The largest absolute Gasteiger partial charge is 0.325 e. The van der Waals surface area contributed by atoms with E-state index in [0.29, 0.717) is 17.1 Å². The van der Waals surface area contributed by atoms with E-state index >= 15 is 0 Å². The zero-order valence-corrected chi connectivity index (χ0v) is 24.0. The third-order valence-electron chi connectivity index (χ3n) is 7.41. The van der Waals surface area contributed by atoms with E-state index < -0.39 is 11.6 Å². The molecule has 1 aromatic heterocycles. The van der Waals surface area contributed by atoms with E-state index in [1.54, 1.807) is 52.6 Å². The lowest BCUT2D eigenvalue weighted by Crippen LogP contribution is -2.56. The van der Waals surface area contributed by atoms with Gasteiger partial charge in [-0.2, -0.15) is 0 Å². The molecule has 4 aromatic rings. The number of carbonyl (C=O) groups is 3. The molecule has 6 nitrogen and oxygen atoms in total. The molecule has 8 heteroatoms. The second-order valence-corrected chi connectivity index (χ2v) is 12.0. The van der Waals surface area contributed by atoms with Crippen molar-refractivity contribution in [2.24, 2.45) is 0 Å². The Morgan fingerprint density at radius 3 is 2.44 bits per heavy atom. The fraction of sp³-hybridized carbons (Fsp3) is 0.290. The summed E-state index contributed by atoms with van der Waals surface area (Å²) in [4.78, 5) is 48.0. The highest BCUT2D eigenvalue weighted by molar-refractivity contribution is 7.21. The molecule has 39 heavy (non-hydrogen) atoms. The highest BCUT2D eigenvalue weighted by Gasteiger charge is 2.48. The van der Waals surface area contributed by atoms with Crippen LogP contribution in [0, 0.1) is 6.92 Å². The number of thiazole rings is 1. The average molecular weight is 560 g/mol. The van der Waals surface area contributed by atoms with Crippen LogP contribution in [0.1, 0.15) is 44.7 Å². The maximum atomic E-state index is 13.7. The average Bonchev–Trinajstić information content (AvgIpc) is 3.45. The van der Waals surface area contributed by atoms with Gasteiger partial charge in [0.1, 0.15) is 11.0 Å². The molecular formula is C31H30ClN3O3S. The van der Waals surface area contributed by atoms with Crippen LogP contribution in [0.5, 0.6) is 0 Å². The first-order valence-electron chi connectivity index (χ1n) is 13.0. The third-order valence-corrected chi connectivity index (χ3v) is 8.72. The molecule has 200 valence electrons. The topological polar surface area (TPSA) is 70.6 Å². The lowest BCUT2D eigenvalue weighted by Gasteiger charge is -2.41. The number of hydrogen-bond donors (Lipinski definition) is 0. The number of fused-ring (bicyclic) bond motifs is 1. The summed E-state index contributed by atoms with van der Waals surface area (Å²) in [6.07, 6.45) is 0.705. The smallest absolute Gasteiger partial charge is 0.257 e. The van der Waals surface area contributed by atoms with Gasteiger partial charge in [0.05, 0.1) is 28.7 Å². The molecule has 0 radical (unpaired) electrons. The van der Waals surface area contributed by atoms with E-state index in [2.05, 4.69) is 13.0 Å². The number of amides is 3. The molecule has 0 aliphatic carbocycles. The molecule has 1 fully saturated rings. The Morgan fingerprint density at radius 1 is 1.08 bits per heavy atom. The minimum atomic E-state index is -0.862. The standard InChI is InChI=1S/C31H30ClN3O3S/c1-5-31(3,4)35(28(37)17-20-7-11-22(32)12-8-20)25-18-27(36)34(30(25)38)23-13-9-21(10-14-23)29-33-24-15-6-19(2)16-26(24)39-29/h6-16,25H,5,17-18H2,1-4H3. The molecule has 0 bridgehead atoms. The molecule has 5 rings (SSSR count). The number of anilines is 1. The Balaban J connectivity index is 1.40. The van der Waals surface area contributed by atoms with Crippen LogP contribution >= 0.6 is 22.9 Å². The summed E-state index contributed by atoms with van der Waals surface area (Å²) in [5.41, 5.74) is 3.72. The Labute approximate surface area is 237 Å². The number of aromatic nitrogens is 1. The van der Waals surface area contributed by atoms with Crippen LogP contribution in [-0.2, 0) is 20.8 Å². The lowest BCUT2D eigenvalue weighted by atomic mass is 9.94. The molecule has 0 spiro atoms. The van der Waals surface area contributed by atoms with Crippen LogP contribution in [0.25, 0.3) is 20.8 Å². The molecule has 1 atom stereocenters. The summed E-state index contributed by atoms with van der Waals surface area (Å²) in [6, 6.07) is 19.7. The molecule has 2 heterocycles. The van der Waals surface area contributed by atoms with Crippen LogP contribution in [-0.4, -0.2) is 39.2 Å². The molecule has 1 unspecified atom stereocenters. The van der Waals surface area contributed by atoms with E-state index in [9.17, 15) is 14.4 Å². The summed E-state index contributed by atoms with van der Waals surface area (Å²) in [7, 11) is 0. The number of benzene rings is 3. The van der Waals surface area contributed by atoms with E-state index in [-0.39, 0.29) is 30.6 Å². The van der Waals surface area contributed by atoms with Crippen molar-refractivity contribution in [1.82, 2.24) is 9.88 Å². The number of hydrogen-bond acceptors (Lipinski definition) is 5. The molecule has 3 amide bonds. The first-order chi connectivity index (χ1) is 18.6. The predicted molar refractivity (Wildman–Crippen MR) is 157 cm³/mol. The van der Waals surface area contributed by atoms with Gasteiger partial charge >= 0.3 is 0 Å². The molecule has 0 saturated carbocycles. The Kier molecular flexibility index (Phi) is 7.31. The zero-order valence-electron chi connectivity index (χ0n) is 22.4. The van der Waals surface area contributed by atoms with Gasteiger partial charge in [-0.3, -0.25) is 14.4 Å². The predicted octanol–water partition coefficient (Wildman–Crippen LogP) is 6.82. The van der Waals surface area contributed by atoms with Gasteiger partial charge in [0.2, 0.25) is 11.8 Å². The highest BCUT2D eigenvalue weighted by atomic mass is 35.5. The van der Waals surface area contributed by atoms with Crippen molar-refractivity contribution >= 4 is 56.6 Å². The molecule has 0 N–H and O–H groups in total. The normalized spacial score (nSPS) is 15.8. The van der Waals surface area contributed by atoms with E-state index in [0.717, 1.165) is 26.4 Å². The van der Waals surface area contributed by atoms with E-state index in [1.807, 2.05) is 45.0 Å². The number of rotatable bonds is 7. The molecule has 1 aliphatic heterocycles. The van der Waals surface area contributed by atoms with E-state index in [4.69, 9.17) is 16.6 Å². The van der Waals surface area contributed by atoms with Gasteiger partial charge in [0.25, 0.3) is 5.91 Å². The van der Waals surface area contributed by atoms with Crippen molar-refractivity contribution in [2.45, 2.75) is 58.5 Å². The minimum absolute atomic E-state index is 0.0480. The summed E-state index contributed by atoms with van der Waals surface area (Å²) in [5.74, 6) is -0.891. The highest BCUT2D eigenvalue weighted by Crippen LogP contribution is 2.35. The molecule has 1 saturated heterocycles. The van der Waals surface area contributed by atoms with Gasteiger partial charge in [-0.1, -0.05) is 36.7 Å². The van der Waals surface area contributed by atoms with Gasteiger partial charge in [0.15, 0.2) is 0 Å². The Hall–Kier alpha value is -3.55. The number of imide groups is 1. The maximum absolute atomic E-state index is 13.7. The monoisotopic (exact) mass is 559 g/mol. The Bertz CT molecular complexity index is 1560. The molecule has 1 aliphatic rings. The summed E-state index contributed by atoms with van der Waals surface area (Å²) >= 11 is 7.61. The van der Waals surface area contributed by atoms with Gasteiger partial charge in [-0.25, -0.2) is 9.88 Å².